The van der Waals surface area contributed by atoms with Gasteiger partial charge < -0.3 is 5.32 Å². The number of nitriles is 1. The van der Waals surface area contributed by atoms with Crippen LogP contribution in [-0.4, -0.2) is 0 Å². The topological polar surface area (TPSA) is 35.8 Å². The second-order valence-corrected chi connectivity index (χ2v) is 5.51. The molecule has 1 N–H and O–H groups in total. The predicted octanol–water partition coefficient (Wildman–Crippen LogP) is 5.09. The van der Waals surface area contributed by atoms with E-state index in [-0.39, 0.29) is 6.04 Å². The molecule has 2 nitrogen and oxygen atoms in total. The van der Waals surface area contributed by atoms with Gasteiger partial charge in [-0.2, -0.15) is 5.26 Å². The third-order valence-corrected chi connectivity index (χ3v) is 3.98. The quantitative estimate of drug-likeness (QED) is 0.848. The van der Waals surface area contributed by atoms with Gasteiger partial charge >= 0.3 is 0 Å². The van der Waals surface area contributed by atoms with E-state index in [9.17, 15) is 5.26 Å². The summed E-state index contributed by atoms with van der Waals surface area (Å²) in [6, 6.07) is 15.3. The fraction of sp³-hybridized carbons (Fsp3) is 0.133. The minimum atomic E-state index is -0.381. The lowest BCUT2D eigenvalue weighted by Crippen LogP contribution is -2.08. The molecule has 1 unspecified atom stereocenters. The molecular formula is C15H12BrClN2. The van der Waals surface area contributed by atoms with Crippen molar-refractivity contribution >= 4 is 33.2 Å². The Labute approximate surface area is 126 Å². The number of nitrogens with zero attached hydrogens (tertiary/aromatic N) is 1. The molecule has 0 aliphatic rings. The number of rotatable bonds is 3. The third-order valence-electron chi connectivity index (χ3n) is 2.77. The van der Waals surface area contributed by atoms with Gasteiger partial charge in [-0.15, -0.1) is 0 Å². The Morgan fingerprint density at radius 3 is 2.47 bits per heavy atom. The van der Waals surface area contributed by atoms with E-state index >= 15 is 0 Å². The van der Waals surface area contributed by atoms with Gasteiger partial charge in [-0.05, 0) is 46.6 Å². The molecule has 0 bridgehead atoms. The molecule has 0 spiro atoms. The molecule has 0 aromatic heterocycles. The molecule has 19 heavy (non-hydrogen) atoms. The highest BCUT2D eigenvalue weighted by molar-refractivity contribution is 9.10. The lowest BCUT2D eigenvalue weighted by Gasteiger charge is -2.14. The molecule has 2 rings (SSSR count). The van der Waals surface area contributed by atoms with Crippen LogP contribution in [0.2, 0.25) is 5.02 Å². The molecule has 0 saturated carbocycles. The summed E-state index contributed by atoms with van der Waals surface area (Å²) in [6.45, 7) is 2.02. The maximum Gasteiger partial charge on any atom is 0.140 e. The van der Waals surface area contributed by atoms with Crippen molar-refractivity contribution < 1.29 is 0 Å². The van der Waals surface area contributed by atoms with Crippen molar-refractivity contribution in [1.29, 1.82) is 5.26 Å². The zero-order valence-electron chi connectivity index (χ0n) is 10.3. The second-order valence-electron chi connectivity index (χ2n) is 4.25. The number of hydrogen-bond donors (Lipinski definition) is 1. The number of benzene rings is 2. The maximum absolute atomic E-state index is 9.28. The number of aryl methyl sites for hydroxylation is 1. The summed E-state index contributed by atoms with van der Waals surface area (Å²) in [5.41, 5.74) is 2.97. The van der Waals surface area contributed by atoms with E-state index in [1.165, 1.54) is 5.56 Å². The maximum atomic E-state index is 9.28. The lowest BCUT2D eigenvalue weighted by molar-refractivity contribution is 0.996. The van der Waals surface area contributed by atoms with E-state index in [0.717, 1.165) is 15.7 Å². The Hall–Kier alpha value is -1.50. The van der Waals surface area contributed by atoms with Crippen LogP contribution in [0.1, 0.15) is 17.2 Å². The first kappa shape index (κ1) is 13.9. The van der Waals surface area contributed by atoms with E-state index in [1.54, 1.807) is 6.07 Å². The number of hydrogen-bond acceptors (Lipinski definition) is 2. The zero-order chi connectivity index (χ0) is 13.8. The average molecular weight is 336 g/mol. The Morgan fingerprint density at radius 1 is 1.21 bits per heavy atom. The van der Waals surface area contributed by atoms with Crippen molar-refractivity contribution in [2.24, 2.45) is 0 Å². The van der Waals surface area contributed by atoms with Crippen LogP contribution < -0.4 is 5.32 Å². The monoisotopic (exact) mass is 334 g/mol. The van der Waals surface area contributed by atoms with Gasteiger partial charge in [0.25, 0.3) is 0 Å². The van der Waals surface area contributed by atoms with Crippen molar-refractivity contribution in [2.75, 3.05) is 5.32 Å². The van der Waals surface area contributed by atoms with Gasteiger partial charge in [-0.1, -0.05) is 41.4 Å². The van der Waals surface area contributed by atoms with Gasteiger partial charge in [-0.3, -0.25) is 0 Å². The van der Waals surface area contributed by atoms with Crippen molar-refractivity contribution in [3.63, 3.8) is 0 Å². The Kier molecular flexibility index (Phi) is 4.47. The predicted molar refractivity (Wildman–Crippen MR) is 82.3 cm³/mol. The molecule has 96 valence electrons. The first-order chi connectivity index (χ1) is 9.10. The number of halogens is 2. The van der Waals surface area contributed by atoms with Crippen LogP contribution in [0.25, 0.3) is 0 Å². The highest BCUT2D eigenvalue weighted by Gasteiger charge is 2.10. The second kappa shape index (κ2) is 6.10. The molecule has 0 heterocycles. The van der Waals surface area contributed by atoms with Gasteiger partial charge in [0.1, 0.15) is 6.04 Å². The summed E-state index contributed by atoms with van der Waals surface area (Å²) in [7, 11) is 0. The first-order valence-corrected chi connectivity index (χ1v) is 6.95. The number of nitrogens with one attached hydrogen (secondary N) is 1. The van der Waals surface area contributed by atoms with Crippen molar-refractivity contribution in [3.05, 3.63) is 63.1 Å². The molecule has 0 aliphatic carbocycles. The van der Waals surface area contributed by atoms with Gasteiger partial charge in [-0.25, -0.2) is 0 Å². The van der Waals surface area contributed by atoms with Crippen LogP contribution in [0, 0.1) is 18.3 Å². The van der Waals surface area contributed by atoms with E-state index < -0.39 is 0 Å². The smallest absolute Gasteiger partial charge is 0.140 e. The number of anilines is 1. The molecule has 4 heteroatoms. The van der Waals surface area contributed by atoms with E-state index in [4.69, 9.17) is 11.6 Å². The van der Waals surface area contributed by atoms with Crippen molar-refractivity contribution in [3.8, 4) is 6.07 Å². The van der Waals surface area contributed by atoms with Crippen molar-refractivity contribution in [2.45, 2.75) is 13.0 Å². The van der Waals surface area contributed by atoms with Gasteiger partial charge in [0, 0.05) is 10.2 Å². The molecular weight excluding hydrogens is 324 g/mol. The molecule has 2 aromatic carbocycles. The molecule has 0 saturated heterocycles. The van der Waals surface area contributed by atoms with Crippen molar-refractivity contribution in [1.82, 2.24) is 0 Å². The zero-order valence-corrected chi connectivity index (χ0v) is 12.7. The standard InChI is InChI=1S/C15H12BrClN2/c1-10-2-4-11(5-3-10)15(9-18)19-12-6-7-14(17)13(16)8-12/h2-8,15,19H,1H3. The van der Waals surface area contributed by atoms with E-state index in [1.807, 2.05) is 43.3 Å². The van der Waals surface area contributed by atoms with Crippen LogP contribution in [0.5, 0.6) is 0 Å². The molecule has 0 aliphatic heterocycles. The fourth-order valence-corrected chi connectivity index (χ4v) is 2.20. The molecule has 0 fully saturated rings. The Balaban J connectivity index is 2.22. The summed E-state index contributed by atoms with van der Waals surface area (Å²) in [4.78, 5) is 0. The average Bonchev–Trinajstić information content (AvgIpc) is 2.41. The summed E-state index contributed by atoms with van der Waals surface area (Å²) in [5.74, 6) is 0. The molecule has 0 radical (unpaired) electrons. The Morgan fingerprint density at radius 2 is 1.89 bits per heavy atom. The summed E-state index contributed by atoms with van der Waals surface area (Å²) >= 11 is 9.31. The molecule has 1 atom stereocenters. The lowest BCUT2D eigenvalue weighted by atomic mass is 10.1. The largest absolute Gasteiger partial charge is 0.366 e. The third kappa shape index (κ3) is 3.50. The first-order valence-electron chi connectivity index (χ1n) is 5.78. The normalized spacial score (nSPS) is 11.7. The van der Waals surface area contributed by atoms with Crippen LogP contribution >= 0.6 is 27.5 Å². The summed E-state index contributed by atoms with van der Waals surface area (Å²) in [5, 5.41) is 13.1. The van der Waals surface area contributed by atoms with E-state index in [0.29, 0.717) is 5.02 Å². The molecule has 2 aromatic rings. The van der Waals surface area contributed by atoms with Gasteiger partial charge in [0.05, 0.1) is 11.1 Å². The SMILES string of the molecule is Cc1ccc(C(C#N)Nc2ccc(Cl)c(Br)c2)cc1. The van der Waals surface area contributed by atoms with Crippen LogP contribution in [0.4, 0.5) is 5.69 Å². The van der Waals surface area contributed by atoms with Crippen LogP contribution in [-0.2, 0) is 0 Å². The van der Waals surface area contributed by atoms with Crippen LogP contribution in [0.3, 0.4) is 0 Å². The fourth-order valence-electron chi connectivity index (χ4n) is 1.70. The molecule has 0 amide bonds. The highest BCUT2D eigenvalue weighted by atomic mass is 79.9. The van der Waals surface area contributed by atoms with Gasteiger partial charge in [0.2, 0.25) is 0 Å². The minimum Gasteiger partial charge on any atom is -0.366 e. The minimum absolute atomic E-state index is 0.381. The summed E-state index contributed by atoms with van der Waals surface area (Å²) < 4.78 is 0.805. The summed E-state index contributed by atoms with van der Waals surface area (Å²) in [6.07, 6.45) is 0. The Bertz CT molecular complexity index is 617. The van der Waals surface area contributed by atoms with Gasteiger partial charge in [0.15, 0.2) is 0 Å². The highest BCUT2D eigenvalue weighted by Crippen LogP contribution is 2.27. The van der Waals surface area contributed by atoms with Crippen LogP contribution in [0.15, 0.2) is 46.9 Å². The van der Waals surface area contributed by atoms with E-state index in [2.05, 4.69) is 27.3 Å².